The van der Waals surface area contributed by atoms with Crippen molar-refractivity contribution in [3.05, 3.63) is 0 Å². The van der Waals surface area contributed by atoms with Gasteiger partial charge in [-0.2, -0.15) is 0 Å². The van der Waals surface area contributed by atoms with Crippen LogP contribution in [0.5, 0.6) is 0 Å². The Bertz CT molecular complexity index is 129. The van der Waals surface area contributed by atoms with Crippen molar-refractivity contribution in [3.63, 3.8) is 0 Å². The molecule has 0 aliphatic heterocycles. The maximum absolute atomic E-state index is 11.7. The number of ether oxygens (including phenoxy) is 1. The summed E-state index contributed by atoms with van der Waals surface area (Å²) in [6, 6.07) is 0. The molecular formula is C12H23FO2. The molecule has 0 amide bonds. The Kier molecular flexibility index (Phi) is 12.9. The summed E-state index contributed by atoms with van der Waals surface area (Å²) < 4.78 is 16.3. The van der Waals surface area contributed by atoms with Crippen LogP contribution < -0.4 is 0 Å². The Morgan fingerprint density at radius 3 is 1.73 bits per heavy atom. The number of unbranched alkanes of at least 4 members (excludes halogenated alkanes) is 8. The molecule has 0 atom stereocenters. The third-order valence-corrected chi connectivity index (χ3v) is 2.46. The fraction of sp³-hybridized carbons (Fsp3) is 0.917. The van der Waals surface area contributed by atoms with Crippen molar-refractivity contribution in [2.24, 2.45) is 0 Å². The maximum Gasteiger partial charge on any atom is 0.293 e. The molecule has 90 valence electrons. The highest BCUT2D eigenvalue weighted by molar-refractivity contribution is 5.36. The Morgan fingerprint density at radius 1 is 0.800 bits per heavy atom. The zero-order chi connectivity index (χ0) is 11.2. The topological polar surface area (TPSA) is 26.3 Å². The van der Waals surface area contributed by atoms with Gasteiger partial charge in [-0.1, -0.05) is 44.9 Å². The molecule has 0 rings (SSSR count). The van der Waals surface area contributed by atoms with Gasteiger partial charge in [0.15, 0.2) is 0 Å². The van der Waals surface area contributed by atoms with E-state index in [-0.39, 0.29) is 6.67 Å². The first-order chi connectivity index (χ1) is 7.41. The van der Waals surface area contributed by atoms with Crippen molar-refractivity contribution in [3.8, 4) is 0 Å². The summed E-state index contributed by atoms with van der Waals surface area (Å²) in [5.74, 6) is 0. The van der Waals surface area contributed by atoms with Crippen LogP contribution in [0.2, 0.25) is 0 Å². The summed E-state index contributed by atoms with van der Waals surface area (Å²) in [4.78, 5) is 9.82. The molecule has 0 saturated carbocycles. The van der Waals surface area contributed by atoms with Crippen LogP contribution in [-0.4, -0.2) is 19.8 Å². The number of carbonyl (C=O) groups is 1. The number of rotatable bonds is 12. The summed E-state index contributed by atoms with van der Waals surface area (Å²) in [5.41, 5.74) is 0. The Morgan fingerprint density at radius 2 is 1.27 bits per heavy atom. The summed E-state index contributed by atoms with van der Waals surface area (Å²) in [6.07, 6.45) is 9.97. The van der Waals surface area contributed by atoms with E-state index in [0.29, 0.717) is 13.1 Å². The number of halogens is 1. The van der Waals surface area contributed by atoms with Gasteiger partial charge in [-0.05, 0) is 12.8 Å². The number of hydrogen-bond acceptors (Lipinski definition) is 2. The van der Waals surface area contributed by atoms with Crippen LogP contribution in [0.25, 0.3) is 0 Å². The molecule has 0 aliphatic rings. The molecule has 0 radical (unpaired) electrons. The molecule has 0 aliphatic carbocycles. The highest BCUT2D eigenvalue weighted by Crippen LogP contribution is 2.09. The highest BCUT2D eigenvalue weighted by Gasteiger charge is 1.92. The van der Waals surface area contributed by atoms with E-state index in [1.165, 1.54) is 25.7 Å². The van der Waals surface area contributed by atoms with Crippen molar-refractivity contribution >= 4 is 6.47 Å². The first kappa shape index (κ1) is 14.4. The van der Waals surface area contributed by atoms with Crippen molar-refractivity contribution in [1.82, 2.24) is 0 Å². The second kappa shape index (κ2) is 13.4. The molecule has 0 aromatic heterocycles. The number of hydrogen-bond donors (Lipinski definition) is 0. The summed E-state index contributed by atoms with van der Waals surface area (Å²) >= 11 is 0. The lowest BCUT2D eigenvalue weighted by Crippen LogP contribution is -1.91. The summed E-state index contributed by atoms with van der Waals surface area (Å²) in [7, 11) is 0. The van der Waals surface area contributed by atoms with Gasteiger partial charge >= 0.3 is 0 Å². The van der Waals surface area contributed by atoms with Gasteiger partial charge in [0.25, 0.3) is 6.47 Å². The Balaban J connectivity index is 2.83. The van der Waals surface area contributed by atoms with Crippen LogP contribution in [0.1, 0.15) is 57.8 Å². The van der Waals surface area contributed by atoms with Crippen molar-refractivity contribution in [1.29, 1.82) is 0 Å². The van der Waals surface area contributed by atoms with Gasteiger partial charge in [-0.3, -0.25) is 9.18 Å². The van der Waals surface area contributed by atoms with Crippen LogP contribution in [0.4, 0.5) is 4.39 Å². The molecular weight excluding hydrogens is 195 g/mol. The van der Waals surface area contributed by atoms with Gasteiger partial charge < -0.3 is 4.74 Å². The summed E-state index contributed by atoms with van der Waals surface area (Å²) in [6.45, 7) is 0.890. The first-order valence-electron chi connectivity index (χ1n) is 6.03. The highest BCUT2D eigenvalue weighted by atomic mass is 19.1. The average Bonchev–Trinajstić information content (AvgIpc) is 2.26. The first-order valence-corrected chi connectivity index (χ1v) is 6.03. The zero-order valence-electron chi connectivity index (χ0n) is 9.55. The van der Waals surface area contributed by atoms with Gasteiger partial charge in [-0.15, -0.1) is 0 Å². The van der Waals surface area contributed by atoms with Crippen molar-refractivity contribution < 1.29 is 13.9 Å². The van der Waals surface area contributed by atoms with E-state index in [1.54, 1.807) is 0 Å². The normalized spacial score (nSPS) is 10.2. The fourth-order valence-corrected chi connectivity index (χ4v) is 1.57. The van der Waals surface area contributed by atoms with E-state index in [1.807, 2.05) is 0 Å². The van der Waals surface area contributed by atoms with Crippen LogP contribution in [0, 0.1) is 0 Å². The number of alkyl halides is 1. The van der Waals surface area contributed by atoms with Crippen LogP contribution in [0.15, 0.2) is 0 Å². The van der Waals surface area contributed by atoms with E-state index < -0.39 is 0 Å². The lowest BCUT2D eigenvalue weighted by atomic mass is 10.1. The third-order valence-electron chi connectivity index (χ3n) is 2.46. The van der Waals surface area contributed by atoms with E-state index in [2.05, 4.69) is 4.74 Å². The third kappa shape index (κ3) is 13.4. The molecule has 3 heteroatoms. The smallest absolute Gasteiger partial charge is 0.293 e. The van der Waals surface area contributed by atoms with Crippen molar-refractivity contribution in [2.45, 2.75) is 57.8 Å². The predicted octanol–water partition coefficient (Wildman–Crippen LogP) is 3.64. The molecule has 15 heavy (non-hydrogen) atoms. The van der Waals surface area contributed by atoms with Gasteiger partial charge in [0.1, 0.15) is 0 Å². The molecule has 2 nitrogen and oxygen atoms in total. The Hall–Kier alpha value is -0.600. The SMILES string of the molecule is O=COCCCCCCCCCCCF. The minimum atomic E-state index is -0.170. The second-order valence-electron chi connectivity index (χ2n) is 3.84. The lowest BCUT2D eigenvalue weighted by Gasteiger charge is -2.01. The van der Waals surface area contributed by atoms with Gasteiger partial charge in [0, 0.05) is 0 Å². The molecule has 0 aromatic rings. The monoisotopic (exact) mass is 218 g/mol. The van der Waals surface area contributed by atoms with Gasteiger partial charge in [0.05, 0.1) is 13.3 Å². The van der Waals surface area contributed by atoms with E-state index in [4.69, 9.17) is 0 Å². The maximum atomic E-state index is 11.7. The predicted molar refractivity (Wildman–Crippen MR) is 59.5 cm³/mol. The molecule has 0 bridgehead atoms. The van der Waals surface area contributed by atoms with Gasteiger partial charge in [0.2, 0.25) is 0 Å². The minimum Gasteiger partial charge on any atom is -0.468 e. The molecule has 0 aromatic carbocycles. The fourth-order valence-electron chi connectivity index (χ4n) is 1.57. The summed E-state index contributed by atoms with van der Waals surface area (Å²) in [5, 5.41) is 0. The second-order valence-corrected chi connectivity index (χ2v) is 3.84. The number of carbonyl (C=O) groups excluding carboxylic acids is 1. The van der Waals surface area contributed by atoms with Crippen LogP contribution >= 0.6 is 0 Å². The lowest BCUT2D eigenvalue weighted by molar-refractivity contribution is -0.128. The molecule has 0 saturated heterocycles. The molecule has 0 fully saturated rings. The quantitative estimate of drug-likeness (QED) is 0.369. The largest absolute Gasteiger partial charge is 0.468 e. The average molecular weight is 218 g/mol. The molecule has 0 heterocycles. The molecule has 0 N–H and O–H groups in total. The zero-order valence-corrected chi connectivity index (χ0v) is 9.55. The van der Waals surface area contributed by atoms with Crippen LogP contribution in [-0.2, 0) is 9.53 Å². The van der Waals surface area contributed by atoms with Gasteiger partial charge in [-0.25, -0.2) is 0 Å². The Labute approximate surface area is 92.2 Å². The van der Waals surface area contributed by atoms with Crippen molar-refractivity contribution in [2.75, 3.05) is 13.3 Å². The molecule has 0 unspecified atom stereocenters. The standard InChI is InChI=1S/C12H23FO2/c13-10-8-6-4-2-1-3-5-7-9-11-15-12-14/h12H,1-11H2. The van der Waals surface area contributed by atoms with E-state index in [0.717, 1.165) is 32.1 Å². The van der Waals surface area contributed by atoms with E-state index >= 15 is 0 Å². The van der Waals surface area contributed by atoms with Crippen LogP contribution in [0.3, 0.4) is 0 Å². The molecule has 0 spiro atoms. The van der Waals surface area contributed by atoms with E-state index in [9.17, 15) is 9.18 Å². The minimum absolute atomic E-state index is 0.170.